The molecular weight excluding hydrogens is 278 g/mol. The highest BCUT2D eigenvalue weighted by Gasteiger charge is 2.07. The summed E-state index contributed by atoms with van der Waals surface area (Å²) in [6.07, 6.45) is 0. The normalized spacial score (nSPS) is 10.8. The van der Waals surface area contributed by atoms with Crippen LogP contribution in [-0.2, 0) is 4.74 Å². The summed E-state index contributed by atoms with van der Waals surface area (Å²) in [5, 5.41) is 2.79. The van der Waals surface area contributed by atoms with E-state index in [1.807, 2.05) is 36.4 Å². The van der Waals surface area contributed by atoms with E-state index >= 15 is 0 Å². The van der Waals surface area contributed by atoms with E-state index in [1.54, 1.807) is 19.2 Å². The zero-order valence-corrected chi connectivity index (χ0v) is 12.3. The molecule has 0 aliphatic rings. The number of aromatic nitrogens is 2. The minimum atomic E-state index is -0.104. The molecule has 0 bridgehead atoms. The smallest absolute Gasteiger partial charge is 0.251 e. The quantitative estimate of drug-likeness (QED) is 0.711. The molecule has 3 rings (SSSR count). The van der Waals surface area contributed by atoms with E-state index in [4.69, 9.17) is 4.74 Å². The highest BCUT2D eigenvalue weighted by atomic mass is 16.5. The van der Waals surface area contributed by atoms with Crippen molar-refractivity contribution in [3.05, 3.63) is 54.1 Å². The fourth-order valence-electron chi connectivity index (χ4n) is 2.24. The molecular formula is C17H17N3O2. The van der Waals surface area contributed by atoms with Crippen molar-refractivity contribution < 1.29 is 9.53 Å². The van der Waals surface area contributed by atoms with Crippen LogP contribution in [0.5, 0.6) is 0 Å². The van der Waals surface area contributed by atoms with Gasteiger partial charge in [0.1, 0.15) is 5.82 Å². The molecule has 0 atom stereocenters. The first-order chi connectivity index (χ1) is 10.8. The molecule has 2 aromatic carbocycles. The maximum Gasteiger partial charge on any atom is 0.251 e. The number of rotatable bonds is 5. The number of hydrogen-bond donors (Lipinski definition) is 2. The summed E-state index contributed by atoms with van der Waals surface area (Å²) in [5.74, 6) is 0.695. The van der Waals surface area contributed by atoms with Crippen LogP contribution >= 0.6 is 0 Å². The highest BCUT2D eigenvalue weighted by Crippen LogP contribution is 2.20. The Morgan fingerprint density at radius 1 is 1.18 bits per heavy atom. The topological polar surface area (TPSA) is 67.0 Å². The largest absolute Gasteiger partial charge is 0.383 e. The Hall–Kier alpha value is -2.66. The Morgan fingerprint density at radius 3 is 2.68 bits per heavy atom. The minimum Gasteiger partial charge on any atom is -0.383 e. The number of nitrogens with zero attached hydrogens (tertiary/aromatic N) is 1. The predicted octanol–water partition coefficient (Wildman–Crippen LogP) is 2.61. The molecule has 5 heteroatoms. The van der Waals surface area contributed by atoms with E-state index in [1.165, 1.54) is 0 Å². The summed E-state index contributed by atoms with van der Waals surface area (Å²) in [6, 6.07) is 15.3. The molecule has 112 valence electrons. The van der Waals surface area contributed by atoms with E-state index in [0.29, 0.717) is 18.7 Å². The second-order valence-corrected chi connectivity index (χ2v) is 4.93. The van der Waals surface area contributed by atoms with E-state index < -0.39 is 0 Å². The fourth-order valence-corrected chi connectivity index (χ4v) is 2.24. The van der Waals surface area contributed by atoms with Crippen molar-refractivity contribution in [3.8, 4) is 11.4 Å². The number of methoxy groups -OCH3 is 1. The number of amides is 1. The van der Waals surface area contributed by atoms with Crippen LogP contribution in [0.2, 0.25) is 0 Å². The number of benzene rings is 2. The Balaban J connectivity index is 1.77. The van der Waals surface area contributed by atoms with Gasteiger partial charge in [0.2, 0.25) is 0 Å². The first-order valence-corrected chi connectivity index (χ1v) is 7.10. The molecule has 1 aromatic heterocycles. The molecule has 0 fully saturated rings. The average Bonchev–Trinajstić information content (AvgIpc) is 2.99. The van der Waals surface area contributed by atoms with Crippen LogP contribution in [0.15, 0.2) is 48.5 Å². The third-order valence-electron chi connectivity index (χ3n) is 3.40. The molecule has 0 saturated heterocycles. The maximum atomic E-state index is 11.9. The molecule has 0 spiro atoms. The summed E-state index contributed by atoms with van der Waals surface area (Å²) in [7, 11) is 1.61. The van der Waals surface area contributed by atoms with E-state index in [2.05, 4.69) is 15.3 Å². The Morgan fingerprint density at radius 2 is 1.95 bits per heavy atom. The third kappa shape index (κ3) is 2.99. The van der Waals surface area contributed by atoms with Gasteiger partial charge in [0, 0.05) is 24.8 Å². The number of para-hydroxylation sites is 2. The molecule has 1 amide bonds. The van der Waals surface area contributed by atoms with E-state index in [0.717, 1.165) is 22.4 Å². The monoisotopic (exact) mass is 295 g/mol. The molecule has 0 aliphatic carbocycles. The standard InChI is InChI=1S/C17H17N3O2/c1-22-11-10-18-17(21)13-8-6-12(7-9-13)16-19-14-4-2-3-5-15(14)20-16/h2-9H,10-11H2,1H3,(H,18,21)(H,19,20). The molecule has 22 heavy (non-hydrogen) atoms. The van der Waals surface area contributed by atoms with Crippen molar-refractivity contribution in [3.63, 3.8) is 0 Å². The first kappa shape index (κ1) is 14.3. The summed E-state index contributed by atoms with van der Waals surface area (Å²) >= 11 is 0. The SMILES string of the molecule is COCCNC(=O)c1ccc(-c2nc3ccccc3[nH]2)cc1. The first-order valence-electron chi connectivity index (χ1n) is 7.10. The number of fused-ring (bicyclic) bond motifs is 1. The summed E-state index contributed by atoms with van der Waals surface area (Å²) in [5.41, 5.74) is 3.50. The second-order valence-electron chi connectivity index (χ2n) is 4.93. The molecule has 0 radical (unpaired) electrons. The van der Waals surface area contributed by atoms with Gasteiger partial charge in [-0.3, -0.25) is 4.79 Å². The van der Waals surface area contributed by atoms with Crippen molar-refractivity contribution in [1.82, 2.24) is 15.3 Å². The number of nitrogens with one attached hydrogen (secondary N) is 2. The van der Waals surface area contributed by atoms with E-state index in [-0.39, 0.29) is 5.91 Å². The maximum absolute atomic E-state index is 11.9. The minimum absolute atomic E-state index is 0.104. The molecule has 5 nitrogen and oxygen atoms in total. The number of aromatic amines is 1. The van der Waals surface area contributed by atoms with Gasteiger partial charge in [0.15, 0.2) is 0 Å². The molecule has 0 unspecified atom stereocenters. The molecule has 2 N–H and O–H groups in total. The zero-order valence-electron chi connectivity index (χ0n) is 12.3. The van der Waals surface area contributed by atoms with Gasteiger partial charge < -0.3 is 15.0 Å². The molecule has 0 saturated carbocycles. The summed E-state index contributed by atoms with van der Waals surface area (Å²) in [4.78, 5) is 19.7. The third-order valence-corrected chi connectivity index (χ3v) is 3.40. The van der Waals surface area contributed by atoms with Crippen LogP contribution < -0.4 is 5.32 Å². The van der Waals surface area contributed by atoms with Gasteiger partial charge in [-0.2, -0.15) is 0 Å². The van der Waals surface area contributed by atoms with Crippen molar-refractivity contribution >= 4 is 16.9 Å². The lowest BCUT2D eigenvalue weighted by molar-refractivity contribution is 0.0937. The van der Waals surface area contributed by atoms with Gasteiger partial charge in [-0.25, -0.2) is 4.98 Å². The van der Waals surface area contributed by atoms with Crippen LogP contribution in [-0.4, -0.2) is 36.1 Å². The lowest BCUT2D eigenvalue weighted by Crippen LogP contribution is -2.26. The van der Waals surface area contributed by atoms with Crippen molar-refractivity contribution in [1.29, 1.82) is 0 Å². The number of imidazole rings is 1. The number of H-pyrrole nitrogens is 1. The summed E-state index contributed by atoms with van der Waals surface area (Å²) < 4.78 is 4.91. The van der Waals surface area contributed by atoms with Gasteiger partial charge in [-0.1, -0.05) is 24.3 Å². The van der Waals surface area contributed by atoms with Gasteiger partial charge in [0.05, 0.1) is 17.6 Å². The fraction of sp³-hybridized carbons (Fsp3) is 0.176. The van der Waals surface area contributed by atoms with Crippen LogP contribution in [0.25, 0.3) is 22.4 Å². The van der Waals surface area contributed by atoms with Gasteiger partial charge in [-0.05, 0) is 24.3 Å². The van der Waals surface area contributed by atoms with Crippen LogP contribution in [0.3, 0.4) is 0 Å². The van der Waals surface area contributed by atoms with Crippen LogP contribution in [0.1, 0.15) is 10.4 Å². The number of carbonyl (C=O) groups is 1. The lowest BCUT2D eigenvalue weighted by Gasteiger charge is -2.05. The number of carbonyl (C=O) groups excluding carboxylic acids is 1. The zero-order chi connectivity index (χ0) is 15.4. The number of ether oxygens (including phenoxy) is 1. The lowest BCUT2D eigenvalue weighted by atomic mass is 10.1. The molecule has 0 aliphatic heterocycles. The predicted molar refractivity (Wildman–Crippen MR) is 85.7 cm³/mol. The summed E-state index contributed by atoms with van der Waals surface area (Å²) in [6.45, 7) is 1.00. The van der Waals surface area contributed by atoms with Crippen LogP contribution in [0, 0.1) is 0 Å². The van der Waals surface area contributed by atoms with Crippen molar-refractivity contribution in [2.75, 3.05) is 20.3 Å². The van der Waals surface area contributed by atoms with E-state index in [9.17, 15) is 4.79 Å². The van der Waals surface area contributed by atoms with Gasteiger partial charge in [0.25, 0.3) is 5.91 Å². The Kier molecular flexibility index (Phi) is 4.16. The van der Waals surface area contributed by atoms with Gasteiger partial charge >= 0.3 is 0 Å². The molecule has 1 heterocycles. The highest BCUT2D eigenvalue weighted by molar-refractivity contribution is 5.94. The average molecular weight is 295 g/mol. The second kappa shape index (κ2) is 6.41. The Labute approximate surface area is 128 Å². The van der Waals surface area contributed by atoms with Crippen molar-refractivity contribution in [2.45, 2.75) is 0 Å². The van der Waals surface area contributed by atoms with Gasteiger partial charge in [-0.15, -0.1) is 0 Å². The molecule has 3 aromatic rings. The van der Waals surface area contributed by atoms with Crippen molar-refractivity contribution in [2.24, 2.45) is 0 Å². The number of hydrogen-bond acceptors (Lipinski definition) is 3. The van der Waals surface area contributed by atoms with Crippen LogP contribution in [0.4, 0.5) is 0 Å². The Bertz CT molecular complexity index is 745.